The van der Waals surface area contributed by atoms with Crippen LogP contribution in [0.4, 0.5) is 4.79 Å². The van der Waals surface area contributed by atoms with Gasteiger partial charge < -0.3 is 19.5 Å². The number of hydrogen-bond donors (Lipinski definition) is 1. The van der Waals surface area contributed by atoms with E-state index >= 15 is 0 Å². The van der Waals surface area contributed by atoms with Gasteiger partial charge in [0.1, 0.15) is 0 Å². The molecule has 0 unspecified atom stereocenters. The minimum absolute atomic E-state index is 0.0156. The Labute approximate surface area is 138 Å². The molecule has 0 radical (unpaired) electrons. The van der Waals surface area contributed by atoms with Gasteiger partial charge in [0, 0.05) is 13.7 Å². The van der Waals surface area contributed by atoms with Gasteiger partial charge in [-0.05, 0) is 37.7 Å². The Morgan fingerprint density at radius 3 is 2.74 bits per heavy atom. The molecule has 1 N–H and O–H groups in total. The molecule has 0 spiro atoms. The molecular weight excluding hydrogens is 294 g/mol. The normalized spacial score (nSPS) is 24.2. The number of rotatable bonds is 7. The first-order valence-electron chi connectivity index (χ1n) is 8.30. The first kappa shape index (κ1) is 17.8. The molecule has 1 aromatic rings. The number of alkyl carbamates (subject to hydrolysis) is 1. The molecule has 23 heavy (non-hydrogen) atoms. The second kappa shape index (κ2) is 9.53. The molecule has 128 valence electrons. The van der Waals surface area contributed by atoms with Gasteiger partial charge in [-0.1, -0.05) is 30.3 Å². The van der Waals surface area contributed by atoms with Crippen molar-refractivity contribution in [1.29, 1.82) is 0 Å². The highest BCUT2D eigenvalue weighted by Crippen LogP contribution is 2.27. The predicted molar refractivity (Wildman–Crippen MR) is 88.2 cm³/mol. The fourth-order valence-electron chi connectivity index (χ4n) is 3.06. The second-order valence-corrected chi connectivity index (χ2v) is 5.93. The number of benzene rings is 1. The van der Waals surface area contributed by atoms with Crippen molar-refractivity contribution in [2.45, 2.75) is 44.9 Å². The molecule has 1 amide bonds. The van der Waals surface area contributed by atoms with Gasteiger partial charge in [0.2, 0.25) is 0 Å². The van der Waals surface area contributed by atoms with Crippen LogP contribution in [0.15, 0.2) is 30.3 Å². The van der Waals surface area contributed by atoms with Crippen LogP contribution in [0.5, 0.6) is 0 Å². The maximum atomic E-state index is 11.7. The maximum Gasteiger partial charge on any atom is 0.407 e. The number of hydrogen-bond acceptors (Lipinski definition) is 4. The Balaban J connectivity index is 1.78. The fourth-order valence-corrected chi connectivity index (χ4v) is 3.06. The van der Waals surface area contributed by atoms with Gasteiger partial charge in [-0.2, -0.15) is 0 Å². The molecule has 0 aliphatic heterocycles. The molecule has 1 fully saturated rings. The third kappa shape index (κ3) is 5.84. The van der Waals surface area contributed by atoms with E-state index in [1.54, 1.807) is 14.0 Å². The summed E-state index contributed by atoms with van der Waals surface area (Å²) in [5.74, 6) is 0.428. The molecule has 0 aromatic heterocycles. The Morgan fingerprint density at radius 2 is 2.04 bits per heavy atom. The van der Waals surface area contributed by atoms with Crippen LogP contribution in [0.1, 0.15) is 31.7 Å². The molecule has 1 aromatic carbocycles. The van der Waals surface area contributed by atoms with Crippen LogP contribution >= 0.6 is 0 Å². The molecule has 2 rings (SSSR count). The number of ether oxygens (including phenoxy) is 3. The summed E-state index contributed by atoms with van der Waals surface area (Å²) < 4.78 is 16.3. The average molecular weight is 321 g/mol. The maximum absolute atomic E-state index is 11.7. The predicted octanol–water partition coefficient (Wildman–Crippen LogP) is 3.13. The van der Waals surface area contributed by atoms with Gasteiger partial charge in [-0.25, -0.2) is 4.79 Å². The van der Waals surface area contributed by atoms with Crippen molar-refractivity contribution in [3.63, 3.8) is 0 Å². The molecule has 1 aliphatic carbocycles. The third-order valence-electron chi connectivity index (χ3n) is 4.24. The molecule has 0 saturated heterocycles. The lowest BCUT2D eigenvalue weighted by molar-refractivity contribution is 0.00163. The zero-order valence-corrected chi connectivity index (χ0v) is 14.0. The highest BCUT2D eigenvalue weighted by molar-refractivity contribution is 5.67. The van der Waals surface area contributed by atoms with E-state index in [2.05, 4.69) is 17.4 Å². The van der Waals surface area contributed by atoms with Gasteiger partial charge in [0.25, 0.3) is 0 Å². The number of amides is 1. The second-order valence-electron chi connectivity index (χ2n) is 5.93. The van der Waals surface area contributed by atoms with Gasteiger partial charge in [0.05, 0.1) is 25.4 Å². The Kier molecular flexibility index (Phi) is 7.36. The van der Waals surface area contributed by atoms with Crippen molar-refractivity contribution in [2.75, 3.05) is 20.3 Å². The summed E-state index contributed by atoms with van der Waals surface area (Å²) in [6, 6.07) is 10.1. The van der Waals surface area contributed by atoms with Crippen molar-refractivity contribution in [3.05, 3.63) is 35.9 Å². The Morgan fingerprint density at radius 1 is 1.26 bits per heavy atom. The van der Waals surface area contributed by atoms with Crippen molar-refractivity contribution < 1.29 is 19.0 Å². The number of carbonyl (C=O) groups is 1. The first-order chi connectivity index (χ1) is 11.2. The molecule has 5 nitrogen and oxygen atoms in total. The number of nitrogens with one attached hydrogen (secondary N) is 1. The number of methoxy groups -OCH3 is 1. The van der Waals surface area contributed by atoms with Crippen molar-refractivity contribution in [2.24, 2.45) is 5.92 Å². The summed E-state index contributed by atoms with van der Waals surface area (Å²) in [5.41, 5.74) is 1.18. The van der Waals surface area contributed by atoms with Gasteiger partial charge in [0.15, 0.2) is 0 Å². The zero-order valence-electron chi connectivity index (χ0n) is 14.0. The highest BCUT2D eigenvalue weighted by Gasteiger charge is 2.32. The van der Waals surface area contributed by atoms with E-state index in [1.807, 2.05) is 18.2 Å². The molecule has 5 heteroatoms. The van der Waals surface area contributed by atoms with E-state index in [4.69, 9.17) is 14.2 Å². The molecule has 0 bridgehead atoms. The first-order valence-corrected chi connectivity index (χ1v) is 8.30. The van der Waals surface area contributed by atoms with Crippen LogP contribution in [0.3, 0.4) is 0 Å². The highest BCUT2D eigenvalue weighted by atomic mass is 16.5. The van der Waals surface area contributed by atoms with Gasteiger partial charge in [-0.3, -0.25) is 0 Å². The van der Waals surface area contributed by atoms with Crippen molar-refractivity contribution in [3.8, 4) is 0 Å². The largest absolute Gasteiger partial charge is 0.450 e. The summed E-state index contributed by atoms with van der Waals surface area (Å²) in [6.45, 7) is 3.50. The Bertz CT molecular complexity index is 465. The average Bonchev–Trinajstić information content (AvgIpc) is 2.56. The summed E-state index contributed by atoms with van der Waals surface area (Å²) in [7, 11) is 1.69. The number of carbonyl (C=O) groups excluding carboxylic acids is 1. The van der Waals surface area contributed by atoms with Crippen LogP contribution in [-0.4, -0.2) is 38.6 Å². The van der Waals surface area contributed by atoms with E-state index in [0.717, 1.165) is 19.3 Å². The third-order valence-corrected chi connectivity index (χ3v) is 4.24. The van der Waals surface area contributed by atoms with Crippen LogP contribution in [0.25, 0.3) is 0 Å². The summed E-state index contributed by atoms with van der Waals surface area (Å²) >= 11 is 0. The molecule has 1 saturated carbocycles. The van der Waals surface area contributed by atoms with Crippen LogP contribution in [-0.2, 0) is 20.8 Å². The lowest BCUT2D eigenvalue weighted by Crippen LogP contribution is -2.48. The quantitative estimate of drug-likeness (QED) is 0.838. The topological polar surface area (TPSA) is 56.8 Å². The van der Waals surface area contributed by atoms with E-state index in [-0.39, 0.29) is 18.2 Å². The van der Waals surface area contributed by atoms with Crippen LogP contribution < -0.4 is 5.32 Å². The van der Waals surface area contributed by atoms with E-state index in [1.165, 1.54) is 5.56 Å². The van der Waals surface area contributed by atoms with Crippen molar-refractivity contribution in [1.82, 2.24) is 5.32 Å². The zero-order chi connectivity index (χ0) is 16.5. The molecule has 0 heterocycles. The summed E-state index contributed by atoms with van der Waals surface area (Å²) in [4.78, 5) is 11.7. The van der Waals surface area contributed by atoms with E-state index < -0.39 is 0 Å². The summed E-state index contributed by atoms with van der Waals surface area (Å²) in [6.07, 6.45) is 2.50. The lowest BCUT2D eigenvalue weighted by atomic mass is 9.84. The minimum Gasteiger partial charge on any atom is -0.450 e. The molecular formula is C18H27NO4. The smallest absolute Gasteiger partial charge is 0.407 e. The molecule has 3 atom stereocenters. The van der Waals surface area contributed by atoms with Gasteiger partial charge >= 0.3 is 6.09 Å². The Hall–Kier alpha value is -1.59. The fraction of sp³-hybridized carbons (Fsp3) is 0.611. The van der Waals surface area contributed by atoms with Crippen molar-refractivity contribution >= 4 is 6.09 Å². The SMILES string of the molecule is CCOC(=O)N[C@H]1C[C@@H](COCc2ccccc2)CC[C@@H]1OC. The standard InChI is InChI=1S/C18H27NO4/c1-3-23-18(20)19-16-11-15(9-10-17(16)21-2)13-22-12-14-7-5-4-6-8-14/h4-8,15-17H,3,9-13H2,1-2H3,(H,19,20)/t15-,16-,17-/m0/s1. The van der Waals surface area contributed by atoms with Gasteiger partial charge in [-0.15, -0.1) is 0 Å². The van der Waals surface area contributed by atoms with E-state index in [9.17, 15) is 4.79 Å². The summed E-state index contributed by atoms with van der Waals surface area (Å²) in [5, 5.41) is 2.92. The van der Waals surface area contributed by atoms with E-state index in [0.29, 0.717) is 25.7 Å². The minimum atomic E-state index is -0.370. The molecule has 1 aliphatic rings. The lowest BCUT2D eigenvalue weighted by Gasteiger charge is -2.35. The van der Waals surface area contributed by atoms with Crippen LogP contribution in [0, 0.1) is 5.92 Å². The van der Waals surface area contributed by atoms with Crippen LogP contribution in [0.2, 0.25) is 0 Å². The monoisotopic (exact) mass is 321 g/mol.